The molecule has 3 fully saturated rings. The zero-order valence-electron chi connectivity index (χ0n) is 24.7. The van der Waals surface area contributed by atoms with Crippen molar-refractivity contribution in [3.05, 3.63) is 47.0 Å². The van der Waals surface area contributed by atoms with Crippen LogP contribution in [0.1, 0.15) is 64.7 Å². The third kappa shape index (κ3) is 4.16. The van der Waals surface area contributed by atoms with Gasteiger partial charge in [-0.3, -0.25) is 9.59 Å². The van der Waals surface area contributed by atoms with Crippen molar-refractivity contribution < 1.29 is 53.8 Å². The van der Waals surface area contributed by atoms with Crippen LogP contribution >= 0.6 is 0 Å². The lowest BCUT2D eigenvalue weighted by atomic mass is 9.44. The molecule has 1 aromatic carbocycles. The van der Waals surface area contributed by atoms with Gasteiger partial charge in [0, 0.05) is 37.5 Å². The molecule has 1 aromatic rings. The number of rotatable bonds is 4. The minimum Gasteiger partial charge on any atom is -0.462 e. The van der Waals surface area contributed by atoms with Crippen molar-refractivity contribution in [2.24, 2.45) is 16.7 Å². The standard InChI is InChI=1S/C31H40O11/c1-15-19(34)13-31(38)26(41-27(37)18-10-8-7-9-11-18)24-29(6,25(36)23(35)22(15)28(31,4)5)20(40-16(2)32)12-21-30(24,14-39-21)42-17(3)33/h7-11,19-21,23-26,34-36,38H,12-14H2,1-6H3/t19-,20-,21-,23+,24-,25-,26-,29+,30-,31+/m0/s1. The molecule has 2 bridgehead atoms. The van der Waals surface area contributed by atoms with Gasteiger partial charge in [-0.1, -0.05) is 39.0 Å². The summed E-state index contributed by atoms with van der Waals surface area (Å²) in [4.78, 5) is 38.7. The van der Waals surface area contributed by atoms with E-state index in [2.05, 4.69) is 0 Å². The Balaban J connectivity index is 1.83. The number of benzene rings is 1. The third-order valence-electron chi connectivity index (χ3n) is 10.4. The number of carbonyl (C=O) groups excluding carboxylic acids is 3. The molecule has 0 amide bonds. The van der Waals surface area contributed by atoms with Gasteiger partial charge in [0.2, 0.25) is 0 Å². The number of ether oxygens (including phenoxy) is 4. The second-order valence-electron chi connectivity index (χ2n) is 13.0. The zero-order chi connectivity index (χ0) is 31.0. The highest BCUT2D eigenvalue weighted by atomic mass is 16.6. The summed E-state index contributed by atoms with van der Waals surface area (Å²) >= 11 is 0. The Kier molecular flexibility index (Phi) is 7.38. The van der Waals surface area contributed by atoms with E-state index in [1.54, 1.807) is 58.0 Å². The maximum absolute atomic E-state index is 13.7. The highest BCUT2D eigenvalue weighted by Gasteiger charge is 2.78. The average Bonchev–Trinajstić information content (AvgIpc) is 2.90. The Labute approximate surface area is 244 Å². The van der Waals surface area contributed by atoms with Gasteiger partial charge in [-0.15, -0.1) is 0 Å². The average molecular weight is 589 g/mol. The van der Waals surface area contributed by atoms with Gasteiger partial charge >= 0.3 is 17.9 Å². The molecule has 230 valence electrons. The molecule has 11 heteroatoms. The summed E-state index contributed by atoms with van der Waals surface area (Å²) in [6.07, 6.45) is -8.36. The Morgan fingerprint density at radius 3 is 2.17 bits per heavy atom. The molecule has 11 nitrogen and oxygen atoms in total. The van der Waals surface area contributed by atoms with Gasteiger partial charge < -0.3 is 39.4 Å². The molecule has 1 saturated heterocycles. The van der Waals surface area contributed by atoms with Crippen molar-refractivity contribution in [3.8, 4) is 0 Å². The molecule has 5 rings (SSSR count). The molecule has 1 aliphatic heterocycles. The van der Waals surface area contributed by atoms with Crippen LogP contribution in [0.15, 0.2) is 41.5 Å². The van der Waals surface area contributed by atoms with Crippen molar-refractivity contribution in [2.75, 3.05) is 6.61 Å². The van der Waals surface area contributed by atoms with E-state index in [-0.39, 0.29) is 30.6 Å². The van der Waals surface area contributed by atoms with E-state index in [1.807, 2.05) is 0 Å². The molecule has 0 radical (unpaired) electrons. The molecule has 4 N–H and O–H groups in total. The molecule has 0 unspecified atom stereocenters. The molecule has 0 spiro atoms. The first-order valence-electron chi connectivity index (χ1n) is 14.2. The molecule has 1 heterocycles. The number of fused-ring (bicyclic) bond motifs is 5. The predicted molar refractivity (Wildman–Crippen MR) is 146 cm³/mol. The largest absolute Gasteiger partial charge is 0.462 e. The van der Waals surface area contributed by atoms with Crippen LogP contribution in [0.25, 0.3) is 0 Å². The number of esters is 3. The Morgan fingerprint density at radius 1 is 0.976 bits per heavy atom. The maximum Gasteiger partial charge on any atom is 0.338 e. The normalized spacial score (nSPS) is 42.1. The van der Waals surface area contributed by atoms with Gasteiger partial charge in [0.25, 0.3) is 0 Å². The fraction of sp³-hybridized carbons (Fsp3) is 0.645. The van der Waals surface area contributed by atoms with Gasteiger partial charge in [0.15, 0.2) is 5.60 Å². The van der Waals surface area contributed by atoms with Crippen LogP contribution in [0.5, 0.6) is 0 Å². The van der Waals surface area contributed by atoms with Crippen LogP contribution in [0, 0.1) is 16.7 Å². The quantitative estimate of drug-likeness (QED) is 0.228. The maximum atomic E-state index is 13.7. The first-order valence-corrected chi connectivity index (χ1v) is 14.2. The number of carbonyl (C=O) groups is 3. The van der Waals surface area contributed by atoms with Crippen LogP contribution in [0.3, 0.4) is 0 Å². The Bertz CT molecular complexity index is 1310. The monoisotopic (exact) mass is 588 g/mol. The van der Waals surface area contributed by atoms with Crippen molar-refractivity contribution in [1.29, 1.82) is 0 Å². The summed E-state index contributed by atoms with van der Waals surface area (Å²) in [6.45, 7) is 8.76. The van der Waals surface area contributed by atoms with E-state index in [0.717, 1.165) is 0 Å². The molecule has 2 saturated carbocycles. The molecule has 0 aromatic heterocycles. The molecule has 3 aliphatic carbocycles. The van der Waals surface area contributed by atoms with Crippen molar-refractivity contribution >= 4 is 17.9 Å². The summed E-state index contributed by atoms with van der Waals surface area (Å²) in [7, 11) is 0. The first kappa shape index (κ1) is 30.6. The second kappa shape index (κ2) is 10.1. The fourth-order valence-electron chi connectivity index (χ4n) is 8.24. The van der Waals surface area contributed by atoms with E-state index in [0.29, 0.717) is 5.57 Å². The van der Waals surface area contributed by atoms with E-state index in [9.17, 15) is 34.8 Å². The molecule has 10 atom stereocenters. The molecular weight excluding hydrogens is 548 g/mol. The molecule has 42 heavy (non-hydrogen) atoms. The van der Waals surface area contributed by atoms with Crippen molar-refractivity contribution in [2.45, 2.75) is 102 Å². The lowest BCUT2D eigenvalue weighted by Crippen LogP contribution is -2.82. The first-order chi connectivity index (χ1) is 19.5. The van der Waals surface area contributed by atoms with E-state index in [1.165, 1.54) is 13.8 Å². The number of aliphatic hydroxyl groups is 4. The number of hydrogen-bond donors (Lipinski definition) is 4. The summed E-state index contributed by atoms with van der Waals surface area (Å²) < 4.78 is 23.8. The highest BCUT2D eigenvalue weighted by molar-refractivity contribution is 5.89. The third-order valence-corrected chi connectivity index (χ3v) is 10.4. The Morgan fingerprint density at radius 2 is 1.62 bits per heavy atom. The smallest absolute Gasteiger partial charge is 0.338 e. The fourth-order valence-corrected chi connectivity index (χ4v) is 8.24. The Hall–Kier alpha value is -2.83. The topological polar surface area (TPSA) is 169 Å². The zero-order valence-corrected chi connectivity index (χ0v) is 24.7. The van der Waals surface area contributed by atoms with Gasteiger partial charge in [-0.25, -0.2) is 4.79 Å². The number of hydrogen-bond acceptors (Lipinski definition) is 11. The summed E-state index contributed by atoms with van der Waals surface area (Å²) in [5.41, 5.74) is -5.89. The lowest BCUT2D eigenvalue weighted by Gasteiger charge is -2.69. The molecular formula is C31H40O11. The summed E-state index contributed by atoms with van der Waals surface area (Å²) in [5, 5.41) is 48.0. The van der Waals surface area contributed by atoms with E-state index < -0.39 is 82.5 Å². The van der Waals surface area contributed by atoms with Gasteiger partial charge in [0.05, 0.1) is 30.3 Å². The van der Waals surface area contributed by atoms with Crippen LogP contribution in [-0.4, -0.2) is 92.8 Å². The van der Waals surface area contributed by atoms with Crippen LogP contribution in [0.2, 0.25) is 0 Å². The minimum atomic E-state index is -2.07. The van der Waals surface area contributed by atoms with E-state index >= 15 is 0 Å². The molecule has 4 aliphatic rings. The van der Waals surface area contributed by atoms with Crippen molar-refractivity contribution in [3.63, 3.8) is 0 Å². The minimum absolute atomic E-state index is 0.00542. The number of aliphatic hydroxyl groups excluding tert-OH is 3. The summed E-state index contributed by atoms with van der Waals surface area (Å²) in [6, 6.07) is 8.12. The van der Waals surface area contributed by atoms with Gasteiger partial charge in [-0.05, 0) is 30.2 Å². The highest BCUT2D eigenvalue weighted by Crippen LogP contribution is 2.65. The lowest BCUT2D eigenvalue weighted by molar-refractivity contribution is -0.365. The van der Waals surface area contributed by atoms with Gasteiger partial charge in [0.1, 0.15) is 30.0 Å². The van der Waals surface area contributed by atoms with Gasteiger partial charge in [-0.2, -0.15) is 0 Å². The second-order valence-corrected chi connectivity index (χ2v) is 13.0. The van der Waals surface area contributed by atoms with Crippen LogP contribution in [-0.2, 0) is 28.5 Å². The SMILES string of the molecule is CC(=O)O[C@H]1C[C@@H]2OC[C@@]2(OC(C)=O)[C@H]2[C@H](OC(=O)c3ccccc3)[C@]3(O)C[C@H](O)C(C)=C([C@@H](O)[C@H](O)[C@]12C)C3(C)C. The van der Waals surface area contributed by atoms with E-state index in [4.69, 9.17) is 18.9 Å². The van der Waals surface area contributed by atoms with Crippen LogP contribution < -0.4 is 0 Å². The van der Waals surface area contributed by atoms with Crippen molar-refractivity contribution in [1.82, 2.24) is 0 Å². The predicted octanol–water partition coefficient (Wildman–Crippen LogP) is 1.44. The summed E-state index contributed by atoms with van der Waals surface area (Å²) in [5.74, 6) is -3.40. The van der Waals surface area contributed by atoms with Crippen LogP contribution in [0.4, 0.5) is 0 Å².